The van der Waals surface area contributed by atoms with Crippen molar-refractivity contribution in [2.45, 2.75) is 58.1 Å². The van der Waals surface area contributed by atoms with Crippen LogP contribution in [0.2, 0.25) is 0 Å². The van der Waals surface area contributed by atoms with Crippen LogP contribution in [0.5, 0.6) is 5.75 Å². The number of hydrogen-bond donors (Lipinski definition) is 3. The molecule has 0 fully saturated rings. The van der Waals surface area contributed by atoms with Crippen molar-refractivity contribution in [3.8, 4) is 5.75 Å². The maximum atomic E-state index is 10.1. The Labute approximate surface area is 115 Å². The summed E-state index contributed by atoms with van der Waals surface area (Å²) in [6.07, 6.45) is 2.36. The second-order valence-electron chi connectivity index (χ2n) is 5.72. The zero-order valence-corrected chi connectivity index (χ0v) is 12.1. The lowest BCUT2D eigenvalue weighted by molar-refractivity contribution is 0.158. The number of phenolic OH excluding ortho intramolecular Hbond substituents is 1. The highest BCUT2D eigenvalue weighted by atomic mass is 16.3. The van der Waals surface area contributed by atoms with Gasteiger partial charge >= 0.3 is 0 Å². The van der Waals surface area contributed by atoms with Crippen molar-refractivity contribution in [1.82, 2.24) is 5.32 Å². The molecule has 1 aliphatic carbocycles. The summed E-state index contributed by atoms with van der Waals surface area (Å²) in [5.74, 6) is 0.884. The molecule has 0 amide bonds. The van der Waals surface area contributed by atoms with Crippen LogP contribution in [0.4, 0.5) is 0 Å². The number of aliphatic hydroxyl groups excluding tert-OH is 1. The predicted molar refractivity (Wildman–Crippen MR) is 77.5 cm³/mol. The van der Waals surface area contributed by atoms with Gasteiger partial charge in [-0.2, -0.15) is 0 Å². The highest BCUT2D eigenvalue weighted by Crippen LogP contribution is 2.45. The number of fused-ring (bicyclic) bond motifs is 1. The van der Waals surface area contributed by atoms with E-state index in [-0.39, 0.29) is 12.1 Å². The molecule has 0 radical (unpaired) electrons. The molecule has 1 aromatic rings. The summed E-state index contributed by atoms with van der Waals surface area (Å²) in [5.41, 5.74) is 3.63. The Balaban J connectivity index is 2.09. The normalized spacial score (nSPS) is 23.4. The number of benzene rings is 1. The summed E-state index contributed by atoms with van der Waals surface area (Å²) in [6, 6.07) is 4.00. The van der Waals surface area contributed by atoms with Gasteiger partial charge in [-0.25, -0.2) is 0 Å². The predicted octanol–water partition coefficient (Wildman–Crippen LogP) is 3.00. The fourth-order valence-corrected chi connectivity index (χ4v) is 3.16. The highest BCUT2D eigenvalue weighted by molar-refractivity contribution is 5.50. The van der Waals surface area contributed by atoms with Gasteiger partial charge in [0.1, 0.15) is 5.75 Å². The third-order valence-corrected chi connectivity index (χ3v) is 4.25. The Bertz CT molecular complexity index is 445. The molecular weight excluding hydrogens is 238 g/mol. The molecule has 19 heavy (non-hydrogen) atoms. The van der Waals surface area contributed by atoms with Crippen LogP contribution >= 0.6 is 0 Å². The van der Waals surface area contributed by atoms with E-state index in [1.807, 2.05) is 13.0 Å². The van der Waals surface area contributed by atoms with E-state index in [2.05, 4.69) is 19.2 Å². The van der Waals surface area contributed by atoms with E-state index >= 15 is 0 Å². The first-order chi connectivity index (χ1) is 9.04. The average Bonchev–Trinajstić information content (AvgIpc) is 2.72. The van der Waals surface area contributed by atoms with Gasteiger partial charge in [0.15, 0.2) is 0 Å². The molecule has 1 aliphatic rings. The van der Waals surface area contributed by atoms with E-state index in [1.54, 1.807) is 6.07 Å². The molecule has 3 atom stereocenters. The summed E-state index contributed by atoms with van der Waals surface area (Å²) in [6.45, 7) is 7.11. The maximum Gasteiger partial charge on any atom is 0.120 e. The van der Waals surface area contributed by atoms with Gasteiger partial charge in [-0.05, 0) is 55.8 Å². The first-order valence-electron chi connectivity index (χ1n) is 7.28. The third kappa shape index (κ3) is 2.93. The van der Waals surface area contributed by atoms with Gasteiger partial charge in [-0.15, -0.1) is 0 Å². The van der Waals surface area contributed by atoms with E-state index in [9.17, 15) is 10.2 Å². The fourth-order valence-electron chi connectivity index (χ4n) is 3.16. The Morgan fingerprint density at radius 2 is 2.11 bits per heavy atom. The zero-order chi connectivity index (χ0) is 14.0. The largest absolute Gasteiger partial charge is 0.508 e. The van der Waals surface area contributed by atoms with E-state index < -0.39 is 0 Å². The van der Waals surface area contributed by atoms with Crippen LogP contribution in [-0.2, 0) is 0 Å². The summed E-state index contributed by atoms with van der Waals surface area (Å²) >= 11 is 0. The molecule has 0 aliphatic heterocycles. The molecule has 3 nitrogen and oxygen atoms in total. The molecule has 2 rings (SSSR count). The molecule has 0 saturated heterocycles. The summed E-state index contributed by atoms with van der Waals surface area (Å²) in [4.78, 5) is 0. The number of rotatable bonds is 5. The van der Waals surface area contributed by atoms with Crippen molar-refractivity contribution in [1.29, 1.82) is 0 Å². The lowest BCUT2D eigenvalue weighted by Gasteiger charge is -2.17. The van der Waals surface area contributed by atoms with E-state index in [1.165, 1.54) is 11.1 Å². The number of hydrogen-bond acceptors (Lipinski definition) is 3. The molecule has 0 aromatic heterocycles. The fraction of sp³-hybridized carbons (Fsp3) is 0.625. The van der Waals surface area contributed by atoms with Crippen molar-refractivity contribution in [3.05, 3.63) is 28.8 Å². The lowest BCUT2D eigenvalue weighted by atomic mass is 9.97. The van der Waals surface area contributed by atoms with E-state index in [4.69, 9.17) is 0 Å². The zero-order valence-electron chi connectivity index (χ0n) is 12.1. The van der Waals surface area contributed by atoms with E-state index in [0.29, 0.717) is 11.7 Å². The summed E-state index contributed by atoms with van der Waals surface area (Å²) < 4.78 is 0. The molecule has 1 aromatic carbocycles. The molecule has 0 saturated carbocycles. The van der Waals surface area contributed by atoms with Crippen LogP contribution in [0.1, 0.15) is 61.8 Å². The first-order valence-corrected chi connectivity index (χ1v) is 7.28. The first kappa shape index (κ1) is 14.4. The number of aryl methyl sites for hydroxylation is 1. The molecule has 106 valence electrons. The molecule has 0 bridgehead atoms. The Morgan fingerprint density at radius 1 is 1.37 bits per heavy atom. The van der Waals surface area contributed by atoms with Gasteiger partial charge in [0.25, 0.3) is 0 Å². The minimum absolute atomic E-state index is 0.217. The molecule has 3 heteroatoms. The molecule has 0 heterocycles. The van der Waals surface area contributed by atoms with Crippen LogP contribution < -0.4 is 5.32 Å². The standard InChI is InChI=1S/C16H25NO2/c1-4-12(18)7-8-17-13-9-11(3)15-10(2)5-6-14(19)16(13)15/h5-6,11-13,17-19H,4,7-9H2,1-3H3. The highest BCUT2D eigenvalue weighted by Gasteiger charge is 2.31. The maximum absolute atomic E-state index is 10.1. The van der Waals surface area contributed by atoms with Crippen molar-refractivity contribution in [2.75, 3.05) is 6.54 Å². The van der Waals surface area contributed by atoms with Crippen LogP contribution in [0.25, 0.3) is 0 Å². The third-order valence-electron chi connectivity index (χ3n) is 4.25. The number of nitrogens with one attached hydrogen (secondary N) is 1. The van der Waals surface area contributed by atoms with Crippen LogP contribution in [0.15, 0.2) is 12.1 Å². The van der Waals surface area contributed by atoms with Crippen LogP contribution in [-0.4, -0.2) is 22.9 Å². The number of aliphatic hydroxyl groups is 1. The van der Waals surface area contributed by atoms with Gasteiger partial charge in [-0.1, -0.05) is 19.9 Å². The van der Waals surface area contributed by atoms with Crippen molar-refractivity contribution in [3.63, 3.8) is 0 Å². The van der Waals surface area contributed by atoms with Crippen LogP contribution in [0.3, 0.4) is 0 Å². The molecule has 3 N–H and O–H groups in total. The van der Waals surface area contributed by atoms with Gasteiger partial charge in [0.05, 0.1) is 6.10 Å². The van der Waals surface area contributed by atoms with Crippen LogP contribution in [0, 0.1) is 6.92 Å². The quantitative estimate of drug-likeness (QED) is 0.765. The van der Waals surface area contributed by atoms with Crippen molar-refractivity contribution >= 4 is 0 Å². The smallest absolute Gasteiger partial charge is 0.120 e. The Morgan fingerprint density at radius 3 is 2.79 bits per heavy atom. The summed E-state index contributed by atoms with van der Waals surface area (Å²) in [7, 11) is 0. The Kier molecular flexibility index (Phi) is 4.48. The van der Waals surface area contributed by atoms with Gasteiger partial charge in [-0.3, -0.25) is 0 Å². The van der Waals surface area contributed by atoms with E-state index in [0.717, 1.165) is 31.4 Å². The lowest BCUT2D eigenvalue weighted by Crippen LogP contribution is -2.24. The van der Waals surface area contributed by atoms with Gasteiger partial charge < -0.3 is 15.5 Å². The van der Waals surface area contributed by atoms with Gasteiger partial charge in [0.2, 0.25) is 0 Å². The minimum Gasteiger partial charge on any atom is -0.508 e. The molecule has 0 spiro atoms. The van der Waals surface area contributed by atoms with Gasteiger partial charge in [0, 0.05) is 11.6 Å². The average molecular weight is 263 g/mol. The molecule has 3 unspecified atom stereocenters. The SMILES string of the molecule is CCC(O)CCNC1CC(C)c2c(C)ccc(O)c21. The second kappa shape index (κ2) is 5.93. The Hall–Kier alpha value is -1.06. The topological polar surface area (TPSA) is 52.5 Å². The monoisotopic (exact) mass is 263 g/mol. The van der Waals surface area contributed by atoms with Crippen molar-refractivity contribution < 1.29 is 10.2 Å². The summed E-state index contributed by atoms with van der Waals surface area (Å²) in [5, 5.41) is 23.2. The second-order valence-corrected chi connectivity index (χ2v) is 5.72. The molecular formula is C16H25NO2. The number of aromatic hydroxyl groups is 1. The minimum atomic E-state index is -0.225. The van der Waals surface area contributed by atoms with Crippen molar-refractivity contribution in [2.24, 2.45) is 0 Å². The number of phenols is 1.